The minimum Gasteiger partial charge on any atom is -0.493 e. The molecule has 1 heterocycles. The van der Waals surface area contributed by atoms with Crippen LogP contribution in [0.25, 0.3) is 11.1 Å². The van der Waals surface area contributed by atoms with Crippen LogP contribution in [-0.4, -0.2) is 48.3 Å². The van der Waals surface area contributed by atoms with Crippen LogP contribution in [0.15, 0.2) is 23.8 Å². The summed E-state index contributed by atoms with van der Waals surface area (Å²) in [5, 5.41) is 0. The quantitative estimate of drug-likeness (QED) is 0.334. The Hall–Kier alpha value is -3.59. The number of hydrogen-bond acceptors (Lipinski definition) is 9. The molecule has 2 aliphatic rings. The summed E-state index contributed by atoms with van der Waals surface area (Å²) in [6, 6.07) is 3.76. The topological polar surface area (TPSA) is 90.9 Å². The lowest BCUT2D eigenvalue weighted by Crippen LogP contribution is -2.30. The fraction of sp³-hybridized carbons (Fsp3) is 0.483. The molecule has 0 radical (unpaired) electrons. The Morgan fingerprint density at radius 2 is 1.45 bits per heavy atom. The van der Waals surface area contributed by atoms with Gasteiger partial charge in [0.15, 0.2) is 23.0 Å². The van der Waals surface area contributed by atoms with Gasteiger partial charge in [-0.25, -0.2) is 4.79 Å². The van der Waals surface area contributed by atoms with E-state index in [1.165, 1.54) is 0 Å². The first-order chi connectivity index (χ1) is 18.3. The number of carbonyl (C=O) groups is 1. The first-order valence-corrected chi connectivity index (χ1v) is 12.5. The van der Waals surface area contributed by atoms with E-state index in [4.69, 9.17) is 37.9 Å². The molecule has 2 aromatic carbocycles. The molecule has 0 amide bonds. The Bertz CT molecular complexity index is 1250. The molecule has 9 heteroatoms. The lowest BCUT2D eigenvalue weighted by Gasteiger charge is -2.38. The van der Waals surface area contributed by atoms with Crippen molar-refractivity contribution < 1.29 is 42.7 Å². The molecule has 2 aromatic rings. The summed E-state index contributed by atoms with van der Waals surface area (Å²) in [5.41, 5.74) is 3.33. The Labute approximate surface area is 223 Å². The molecule has 0 aromatic heterocycles. The van der Waals surface area contributed by atoms with Crippen molar-refractivity contribution in [2.75, 3.05) is 42.3 Å². The number of esters is 1. The Balaban J connectivity index is 2.18. The second-order valence-corrected chi connectivity index (χ2v) is 9.39. The molecule has 9 nitrogen and oxygen atoms in total. The van der Waals surface area contributed by atoms with Gasteiger partial charge in [-0.2, -0.15) is 0 Å². The molecule has 1 aliphatic heterocycles. The molecule has 0 fully saturated rings. The van der Waals surface area contributed by atoms with Crippen molar-refractivity contribution in [1.29, 1.82) is 0 Å². The predicted molar refractivity (Wildman–Crippen MR) is 141 cm³/mol. The summed E-state index contributed by atoms with van der Waals surface area (Å²) in [4.78, 5) is 13.1. The van der Waals surface area contributed by atoms with Crippen LogP contribution in [0.4, 0.5) is 0 Å². The SMILES string of the molecule is C/C=C(\C)C(=O)OC1c2cc3c(c(OC)c2-c2c(cc(OC)c(OC)c2OC)C(OC)C(C)C1C)OCO3. The van der Waals surface area contributed by atoms with Crippen LogP contribution in [0.5, 0.6) is 34.5 Å². The van der Waals surface area contributed by atoms with Gasteiger partial charge in [-0.05, 0) is 37.5 Å². The Kier molecular flexibility index (Phi) is 7.97. The molecule has 38 heavy (non-hydrogen) atoms. The van der Waals surface area contributed by atoms with E-state index in [1.807, 2.05) is 19.1 Å². The minimum atomic E-state index is -0.672. The Morgan fingerprint density at radius 3 is 2.03 bits per heavy atom. The normalized spacial score (nSPS) is 22.0. The summed E-state index contributed by atoms with van der Waals surface area (Å²) in [7, 11) is 7.91. The highest BCUT2D eigenvalue weighted by Gasteiger charge is 2.43. The molecular formula is C29H36O9. The van der Waals surface area contributed by atoms with Gasteiger partial charge in [0.25, 0.3) is 0 Å². The van der Waals surface area contributed by atoms with E-state index >= 15 is 0 Å². The number of benzene rings is 2. The van der Waals surface area contributed by atoms with E-state index < -0.39 is 18.2 Å². The van der Waals surface area contributed by atoms with Gasteiger partial charge >= 0.3 is 5.97 Å². The summed E-state index contributed by atoms with van der Waals surface area (Å²) < 4.78 is 47.3. The number of fused-ring (bicyclic) bond motifs is 4. The molecule has 4 atom stereocenters. The predicted octanol–water partition coefficient (Wildman–Crippen LogP) is 5.64. The molecular weight excluding hydrogens is 492 g/mol. The number of hydrogen-bond donors (Lipinski definition) is 0. The van der Waals surface area contributed by atoms with Crippen molar-refractivity contribution in [3.8, 4) is 45.6 Å². The molecule has 0 N–H and O–H groups in total. The van der Waals surface area contributed by atoms with Crippen LogP contribution in [-0.2, 0) is 14.3 Å². The van der Waals surface area contributed by atoms with E-state index in [0.29, 0.717) is 56.8 Å². The maximum atomic E-state index is 13.1. The van der Waals surface area contributed by atoms with Gasteiger partial charge in [-0.15, -0.1) is 0 Å². The lowest BCUT2D eigenvalue weighted by atomic mass is 9.74. The molecule has 4 rings (SSSR count). The molecule has 1 aliphatic carbocycles. The first-order valence-electron chi connectivity index (χ1n) is 12.5. The highest BCUT2D eigenvalue weighted by atomic mass is 16.7. The number of allylic oxidation sites excluding steroid dienone is 1. The van der Waals surface area contributed by atoms with E-state index in [0.717, 1.165) is 5.56 Å². The monoisotopic (exact) mass is 528 g/mol. The summed E-state index contributed by atoms with van der Waals surface area (Å²) in [6.45, 7) is 7.69. The Morgan fingerprint density at radius 1 is 0.842 bits per heavy atom. The van der Waals surface area contributed by atoms with Crippen LogP contribution >= 0.6 is 0 Å². The van der Waals surface area contributed by atoms with Crippen molar-refractivity contribution >= 4 is 5.97 Å². The summed E-state index contributed by atoms with van der Waals surface area (Å²) in [5.74, 6) is 2.05. The first kappa shape index (κ1) is 27.4. The average molecular weight is 529 g/mol. The maximum absolute atomic E-state index is 13.1. The average Bonchev–Trinajstić information content (AvgIpc) is 3.41. The second-order valence-electron chi connectivity index (χ2n) is 9.39. The fourth-order valence-electron chi connectivity index (χ4n) is 5.32. The van der Waals surface area contributed by atoms with E-state index in [9.17, 15) is 4.79 Å². The van der Waals surface area contributed by atoms with Crippen molar-refractivity contribution in [3.63, 3.8) is 0 Å². The van der Waals surface area contributed by atoms with E-state index in [-0.39, 0.29) is 18.6 Å². The molecule has 206 valence electrons. The third-order valence-electron chi connectivity index (χ3n) is 7.61. The molecule has 0 spiro atoms. The van der Waals surface area contributed by atoms with E-state index in [2.05, 4.69) is 6.92 Å². The zero-order valence-electron chi connectivity index (χ0n) is 23.4. The van der Waals surface area contributed by atoms with Gasteiger partial charge in [0, 0.05) is 35.3 Å². The zero-order chi connectivity index (χ0) is 27.7. The number of carbonyl (C=O) groups excluding carboxylic acids is 1. The summed E-state index contributed by atoms with van der Waals surface area (Å²) >= 11 is 0. The third-order valence-corrected chi connectivity index (χ3v) is 7.61. The smallest absolute Gasteiger partial charge is 0.333 e. The van der Waals surface area contributed by atoms with Gasteiger partial charge in [0.1, 0.15) is 6.10 Å². The van der Waals surface area contributed by atoms with Crippen LogP contribution in [0.2, 0.25) is 0 Å². The van der Waals surface area contributed by atoms with Crippen LogP contribution in [0.3, 0.4) is 0 Å². The van der Waals surface area contributed by atoms with Gasteiger partial charge in [0.2, 0.25) is 18.3 Å². The molecule has 4 unspecified atom stereocenters. The maximum Gasteiger partial charge on any atom is 0.333 e. The van der Waals surface area contributed by atoms with E-state index in [1.54, 1.807) is 55.5 Å². The highest BCUT2D eigenvalue weighted by molar-refractivity contribution is 5.91. The third kappa shape index (κ3) is 4.28. The van der Waals surface area contributed by atoms with Gasteiger partial charge in [-0.3, -0.25) is 0 Å². The van der Waals surface area contributed by atoms with Crippen LogP contribution < -0.4 is 28.4 Å². The number of ether oxygens (including phenoxy) is 8. The van der Waals surface area contributed by atoms with Gasteiger partial charge < -0.3 is 37.9 Å². The zero-order valence-corrected chi connectivity index (χ0v) is 23.4. The molecule has 0 saturated carbocycles. The van der Waals surface area contributed by atoms with Gasteiger partial charge in [-0.1, -0.05) is 19.9 Å². The highest BCUT2D eigenvalue weighted by Crippen LogP contribution is 2.60. The molecule has 0 saturated heterocycles. The lowest BCUT2D eigenvalue weighted by molar-refractivity contribution is -0.149. The largest absolute Gasteiger partial charge is 0.493 e. The van der Waals surface area contributed by atoms with Crippen LogP contribution in [0.1, 0.15) is 51.0 Å². The number of methoxy groups -OCH3 is 5. The number of rotatable bonds is 7. The minimum absolute atomic E-state index is 0.0410. The van der Waals surface area contributed by atoms with Crippen molar-refractivity contribution in [2.24, 2.45) is 11.8 Å². The van der Waals surface area contributed by atoms with Crippen molar-refractivity contribution in [3.05, 3.63) is 34.9 Å². The second kappa shape index (κ2) is 11.0. The summed E-state index contributed by atoms with van der Waals surface area (Å²) in [6.07, 6.45) is 0.642. The van der Waals surface area contributed by atoms with Crippen LogP contribution in [0, 0.1) is 11.8 Å². The standard InChI is InChI=1S/C29H36O9/c1-10-14(2)29(30)38-24-16(4)15(3)23(32-6)17-11-19(31-5)25(33-7)27(34-8)21(17)22-18(24)12-20-26(28(22)35-9)37-13-36-20/h10-12,15-16,23-24H,13H2,1-9H3/b14-10+. The van der Waals surface area contributed by atoms with Crippen molar-refractivity contribution in [1.82, 2.24) is 0 Å². The van der Waals surface area contributed by atoms with Crippen molar-refractivity contribution in [2.45, 2.75) is 39.9 Å². The van der Waals surface area contributed by atoms with Gasteiger partial charge in [0.05, 0.1) is 34.5 Å². The molecule has 0 bridgehead atoms. The fourth-order valence-corrected chi connectivity index (χ4v) is 5.32.